The monoisotopic (exact) mass is 197 g/mol. The standard InChI is InChI=1S/C11H19NO2/c12-10(7-4-2-1-3-5-7)8-6-9(8)11(13)14/h7-10H,1-6,12H2,(H,13,14). The van der Waals surface area contributed by atoms with E-state index in [1.807, 2.05) is 0 Å². The molecule has 3 atom stereocenters. The van der Waals surface area contributed by atoms with Gasteiger partial charge in [0.1, 0.15) is 0 Å². The van der Waals surface area contributed by atoms with Gasteiger partial charge in [-0.3, -0.25) is 4.79 Å². The molecular formula is C11H19NO2. The molecule has 3 nitrogen and oxygen atoms in total. The Morgan fingerprint density at radius 1 is 1.29 bits per heavy atom. The van der Waals surface area contributed by atoms with Crippen molar-refractivity contribution in [3.8, 4) is 0 Å². The number of carboxylic acid groups (broad SMARTS) is 1. The van der Waals surface area contributed by atoms with Gasteiger partial charge in [0, 0.05) is 6.04 Å². The zero-order valence-corrected chi connectivity index (χ0v) is 8.48. The average molecular weight is 197 g/mol. The lowest BCUT2D eigenvalue weighted by atomic mass is 9.82. The van der Waals surface area contributed by atoms with Crippen molar-refractivity contribution in [1.82, 2.24) is 0 Å². The minimum Gasteiger partial charge on any atom is -0.481 e. The summed E-state index contributed by atoms with van der Waals surface area (Å²) in [7, 11) is 0. The van der Waals surface area contributed by atoms with Gasteiger partial charge in [0.2, 0.25) is 0 Å². The van der Waals surface area contributed by atoms with E-state index in [9.17, 15) is 4.79 Å². The highest BCUT2D eigenvalue weighted by Crippen LogP contribution is 2.45. The fraction of sp³-hybridized carbons (Fsp3) is 0.909. The van der Waals surface area contributed by atoms with E-state index in [1.54, 1.807) is 0 Å². The van der Waals surface area contributed by atoms with Crippen molar-refractivity contribution >= 4 is 5.97 Å². The molecule has 2 fully saturated rings. The zero-order chi connectivity index (χ0) is 10.1. The number of carboxylic acids is 1. The van der Waals surface area contributed by atoms with Gasteiger partial charge in [0.25, 0.3) is 0 Å². The van der Waals surface area contributed by atoms with Crippen molar-refractivity contribution in [2.24, 2.45) is 23.5 Å². The van der Waals surface area contributed by atoms with Gasteiger partial charge >= 0.3 is 5.97 Å². The summed E-state index contributed by atoms with van der Waals surface area (Å²) in [4.78, 5) is 10.7. The maximum absolute atomic E-state index is 10.7. The van der Waals surface area contributed by atoms with Crippen LogP contribution in [-0.4, -0.2) is 17.1 Å². The van der Waals surface area contributed by atoms with E-state index in [0.717, 1.165) is 6.42 Å². The third kappa shape index (κ3) is 1.92. The Bertz CT molecular complexity index is 223. The van der Waals surface area contributed by atoms with Gasteiger partial charge in [0.05, 0.1) is 5.92 Å². The summed E-state index contributed by atoms with van der Waals surface area (Å²) in [6.07, 6.45) is 7.13. The van der Waals surface area contributed by atoms with Crippen LogP contribution in [0.25, 0.3) is 0 Å². The molecule has 0 radical (unpaired) electrons. The zero-order valence-electron chi connectivity index (χ0n) is 8.48. The molecule has 14 heavy (non-hydrogen) atoms. The van der Waals surface area contributed by atoms with Crippen LogP contribution in [0.2, 0.25) is 0 Å². The Morgan fingerprint density at radius 2 is 1.93 bits per heavy atom. The molecule has 80 valence electrons. The minimum atomic E-state index is -0.652. The van der Waals surface area contributed by atoms with Crippen LogP contribution < -0.4 is 5.73 Å². The number of carbonyl (C=O) groups is 1. The Labute approximate surface area is 84.7 Å². The van der Waals surface area contributed by atoms with Crippen LogP contribution in [0.4, 0.5) is 0 Å². The second kappa shape index (κ2) is 3.89. The molecule has 2 aliphatic carbocycles. The fourth-order valence-electron chi connectivity index (χ4n) is 2.79. The topological polar surface area (TPSA) is 63.3 Å². The van der Waals surface area contributed by atoms with Crippen molar-refractivity contribution in [2.45, 2.75) is 44.6 Å². The lowest BCUT2D eigenvalue weighted by molar-refractivity contribution is -0.139. The van der Waals surface area contributed by atoms with E-state index in [1.165, 1.54) is 32.1 Å². The first kappa shape index (κ1) is 9.97. The number of hydrogen-bond donors (Lipinski definition) is 2. The van der Waals surface area contributed by atoms with Gasteiger partial charge in [0.15, 0.2) is 0 Å². The molecule has 0 aliphatic heterocycles. The van der Waals surface area contributed by atoms with E-state index < -0.39 is 5.97 Å². The molecule has 3 unspecified atom stereocenters. The molecular weight excluding hydrogens is 178 g/mol. The Kier molecular flexibility index (Phi) is 2.77. The molecule has 2 saturated carbocycles. The predicted molar refractivity (Wildman–Crippen MR) is 53.8 cm³/mol. The quantitative estimate of drug-likeness (QED) is 0.722. The second-order valence-electron chi connectivity index (χ2n) is 4.82. The van der Waals surface area contributed by atoms with E-state index in [0.29, 0.717) is 5.92 Å². The molecule has 2 aliphatic rings. The molecule has 0 aromatic heterocycles. The Hall–Kier alpha value is -0.570. The molecule has 0 amide bonds. The van der Waals surface area contributed by atoms with Crippen molar-refractivity contribution < 1.29 is 9.90 Å². The van der Waals surface area contributed by atoms with Gasteiger partial charge in [-0.2, -0.15) is 0 Å². The number of nitrogens with two attached hydrogens (primary N) is 1. The molecule has 3 N–H and O–H groups in total. The highest BCUT2D eigenvalue weighted by Gasteiger charge is 2.48. The molecule has 0 aromatic carbocycles. The third-order valence-electron chi connectivity index (χ3n) is 3.85. The average Bonchev–Trinajstić information content (AvgIpc) is 2.97. The summed E-state index contributed by atoms with van der Waals surface area (Å²) in [5, 5.41) is 8.82. The van der Waals surface area contributed by atoms with E-state index >= 15 is 0 Å². The maximum Gasteiger partial charge on any atom is 0.306 e. The summed E-state index contributed by atoms with van der Waals surface area (Å²) in [5.41, 5.74) is 6.12. The van der Waals surface area contributed by atoms with Crippen molar-refractivity contribution in [1.29, 1.82) is 0 Å². The van der Waals surface area contributed by atoms with Gasteiger partial charge < -0.3 is 10.8 Å². The first-order chi connectivity index (χ1) is 6.70. The molecule has 0 heterocycles. The van der Waals surface area contributed by atoms with Gasteiger partial charge in [-0.25, -0.2) is 0 Å². The number of hydrogen-bond acceptors (Lipinski definition) is 2. The first-order valence-electron chi connectivity index (χ1n) is 5.68. The lowest BCUT2D eigenvalue weighted by Gasteiger charge is -2.27. The maximum atomic E-state index is 10.7. The van der Waals surface area contributed by atoms with Crippen molar-refractivity contribution in [2.75, 3.05) is 0 Å². The van der Waals surface area contributed by atoms with E-state index in [-0.39, 0.29) is 17.9 Å². The molecule has 2 rings (SSSR count). The van der Waals surface area contributed by atoms with Crippen LogP contribution in [-0.2, 0) is 4.79 Å². The molecule has 0 bridgehead atoms. The van der Waals surface area contributed by atoms with E-state index in [2.05, 4.69) is 0 Å². The molecule has 0 spiro atoms. The summed E-state index contributed by atoms with van der Waals surface area (Å²) in [6, 6.07) is 0.149. The van der Waals surface area contributed by atoms with Crippen LogP contribution >= 0.6 is 0 Å². The lowest BCUT2D eigenvalue weighted by Crippen LogP contribution is -2.34. The molecule has 3 heteroatoms. The highest BCUT2D eigenvalue weighted by atomic mass is 16.4. The predicted octanol–water partition coefficient (Wildman–Crippen LogP) is 1.61. The van der Waals surface area contributed by atoms with E-state index in [4.69, 9.17) is 10.8 Å². The molecule has 0 aromatic rings. The number of aliphatic carboxylic acids is 1. The normalized spacial score (nSPS) is 35.2. The van der Waals surface area contributed by atoms with Crippen molar-refractivity contribution in [3.05, 3.63) is 0 Å². The minimum absolute atomic E-state index is 0.132. The summed E-state index contributed by atoms with van der Waals surface area (Å²) in [5.74, 6) is 0.0851. The van der Waals surface area contributed by atoms with Crippen LogP contribution in [0.15, 0.2) is 0 Å². The largest absolute Gasteiger partial charge is 0.481 e. The second-order valence-corrected chi connectivity index (χ2v) is 4.82. The first-order valence-corrected chi connectivity index (χ1v) is 5.68. The summed E-state index contributed by atoms with van der Waals surface area (Å²) >= 11 is 0. The Balaban J connectivity index is 1.83. The van der Waals surface area contributed by atoms with Crippen molar-refractivity contribution in [3.63, 3.8) is 0 Å². The van der Waals surface area contributed by atoms with Gasteiger partial charge in [-0.05, 0) is 31.1 Å². The van der Waals surface area contributed by atoms with Crippen LogP contribution in [0.5, 0.6) is 0 Å². The summed E-state index contributed by atoms with van der Waals surface area (Å²) in [6.45, 7) is 0. The number of rotatable bonds is 3. The summed E-state index contributed by atoms with van der Waals surface area (Å²) < 4.78 is 0. The highest BCUT2D eigenvalue weighted by molar-refractivity contribution is 5.73. The van der Waals surface area contributed by atoms with Gasteiger partial charge in [-0.1, -0.05) is 19.3 Å². The SMILES string of the molecule is NC(C1CCCCC1)C1CC1C(=O)O. The van der Waals surface area contributed by atoms with Gasteiger partial charge in [-0.15, -0.1) is 0 Å². The van der Waals surface area contributed by atoms with Crippen LogP contribution in [0.3, 0.4) is 0 Å². The van der Waals surface area contributed by atoms with Crippen LogP contribution in [0.1, 0.15) is 38.5 Å². The van der Waals surface area contributed by atoms with Crippen LogP contribution in [0, 0.1) is 17.8 Å². The fourth-order valence-corrected chi connectivity index (χ4v) is 2.79. The smallest absolute Gasteiger partial charge is 0.306 e. The third-order valence-corrected chi connectivity index (χ3v) is 3.85. The molecule has 0 saturated heterocycles. The Morgan fingerprint density at radius 3 is 2.43 bits per heavy atom.